The molecule has 0 unspecified atom stereocenters. The average molecular weight is 775 g/mol. The number of benzene rings is 6. The van der Waals surface area contributed by atoms with Crippen molar-refractivity contribution in [2.45, 2.75) is 75.7 Å². The van der Waals surface area contributed by atoms with Gasteiger partial charge in [0.25, 0.3) is 0 Å². The third kappa shape index (κ3) is 9.62. The van der Waals surface area contributed by atoms with Gasteiger partial charge in [-0.3, -0.25) is 4.98 Å². The van der Waals surface area contributed by atoms with E-state index < -0.39 is 0 Å². The van der Waals surface area contributed by atoms with Gasteiger partial charge in [0.1, 0.15) is 0 Å². The highest BCUT2D eigenvalue weighted by atomic mass is 15.0. The molecule has 0 aliphatic heterocycles. The molecule has 0 aliphatic carbocycles. The summed E-state index contributed by atoms with van der Waals surface area (Å²) in [6, 6.07) is 42.5. The summed E-state index contributed by atoms with van der Waals surface area (Å²) in [6.45, 7) is 20.7. The molecular weight excluding hydrogens is 717 g/mol. The lowest BCUT2D eigenvalue weighted by molar-refractivity contribution is 1.07. The van der Waals surface area contributed by atoms with Gasteiger partial charge in [0, 0.05) is 34.5 Å². The molecule has 0 radical (unpaired) electrons. The quantitative estimate of drug-likeness (QED) is 0.154. The SMILES string of the molecule is C/C=C\c1c(C)c(CC)c(/C=C\C)c2cc(-c3cc(-c4ccc5cnccc5c4)cc(-c4nc(-c5ccccc5)nc(-c5ccccc5)n4)c3)ccc12.CC.CC.CC. The Hall–Kier alpha value is -6.52. The van der Waals surface area contributed by atoms with E-state index in [1.165, 1.54) is 33.0 Å². The van der Waals surface area contributed by atoms with Gasteiger partial charge in [0.05, 0.1) is 0 Å². The molecule has 0 aliphatic rings. The number of fused-ring (bicyclic) bond motifs is 2. The van der Waals surface area contributed by atoms with Crippen molar-refractivity contribution in [1.82, 2.24) is 19.9 Å². The average Bonchev–Trinajstić information content (AvgIpc) is 3.32. The minimum Gasteiger partial charge on any atom is -0.264 e. The molecule has 0 spiro atoms. The monoisotopic (exact) mass is 774 g/mol. The summed E-state index contributed by atoms with van der Waals surface area (Å²) in [6.07, 6.45) is 13.5. The predicted octanol–water partition coefficient (Wildman–Crippen LogP) is 15.9. The normalized spacial score (nSPS) is 10.8. The van der Waals surface area contributed by atoms with Gasteiger partial charge in [-0.15, -0.1) is 0 Å². The van der Waals surface area contributed by atoms with Crippen LogP contribution < -0.4 is 0 Å². The fourth-order valence-electron chi connectivity index (χ4n) is 7.40. The number of hydrogen-bond acceptors (Lipinski definition) is 4. The second-order valence-electron chi connectivity index (χ2n) is 13.3. The summed E-state index contributed by atoms with van der Waals surface area (Å²) in [5.74, 6) is 1.90. The van der Waals surface area contributed by atoms with Crippen LogP contribution in [0.15, 0.2) is 146 Å². The molecule has 4 nitrogen and oxygen atoms in total. The second kappa shape index (κ2) is 21.3. The molecule has 8 aromatic rings. The van der Waals surface area contributed by atoms with Crippen molar-refractivity contribution >= 4 is 33.7 Å². The van der Waals surface area contributed by atoms with Crippen LogP contribution in [0.3, 0.4) is 0 Å². The minimum atomic E-state index is 0.625. The molecule has 8 rings (SSSR count). The molecule has 0 saturated carbocycles. The zero-order valence-electron chi connectivity index (χ0n) is 36.5. The molecule has 59 heavy (non-hydrogen) atoms. The summed E-state index contributed by atoms with van der Waals surface area (Å²) in [5.41, 5.74) is 12.5. The van der Waals surface area contributed by atoms with Crippen LogP contribution in [0.4, 0.5) is 0 Å². The van der Waals surface area contributed by atoms with Crippen LogP contribution in [0.25, 0.3) is 90.1 Å². The van der Waals surface area contributed by atoms with Gasteiger partial charge in [-0.1, -0.05) is 158 Å². The Morgan fingerprint density at radius 2 is 0.966 bits per heavy atom. The van der Waals surface area contributed by atoms with Gasteiger partial charge in [-0.2, -0.15) is 0 Å². The Morgan fingerprint density at radius 3 is 1.53 bits per heavy atom. The molecule has 0 fully saturated rings. The van der Waals surface area contributed by atoms with E-state index in [4.69, 9.17) is 15.0 Å². The van der Waals surface area contributed by atoms with Crippen LogP contribution in [0.2, 0.25) is 0 Å². The van der Waals surface area contributed by atoms with Gasteiger partial charge >= 0.3 is 0 Å². The number of nitrogens with zero attached hydrogens (tertiary/aromatic N) is 4. The summed E-state index contributed by atoms with van der Waals surface area (Å²) in [4.78, 5) is 19.5. The molecule has 2 aromatic heterocycles. The van der Waals surface area contributed by atoms with E-state index in [0.29, 0.717) is 17.5 Å². The standard InChI is InChI=1S/C49H40N4.3C2H6/c1-5-14-43-32(4)42(7-3)44(15-6-2)46-30-36(22-23-45(43)46)40-27-39(35-20-21-38-31-50-25-24-37(38)26-35)28-41(29-40)49-52-47(33-16-10-8-11-17-33)51-48(53-49)34-18-12-9-13-19-34;3*1-2/h5-6,8-31H,7H2,1-4H3;3*1-2H3/b14-5-,15-6-;;;. The van der Waals surface area contributed by atoms with Crippen molar-refractivity contribution in [3.63, 3.8) is 0 Å². The Bertz CT molecular complexity index is 2620. The number of rotatable bonds is 8. The molecule has 4 heteroatoms. The number of pyridine rings is 1. The minimum absolute atomic E-state index is 0.625. The molecule has 298 valence electrons. The number of allylic oxidation sites excluding steroid dienone is 2. The van der Waals surface area contributed by atoms with Crippen LogP contribution in [0.1, 0.15) is 84.6 Å². The largest absolute Gasteiger partial charge is 0.264 e. The summed E-state index contributed by atoms with van der Waals surface area (Å²) in [7, 11) is 0. The van der Waals surface area contributed by atoms with Crippen LogP contribution in [0.5, 0.6) is 0 Å². The van der Waals surface area contributed by atoms with Crippen molar-refractivity contribution in [3.05, 3.63) is 168 Å². The highest BCUT2D eigenvalue weighted by Gasteiger charge is 2.17. The highest BCUT2D eigenvalue weighted by Crippen LogP contribution is 2.39. The van der Waals surface area contributed by atoms with Crippen molar-refractivity contribution < 1.29 is 0 Å². The van der Waals surface area contributed by atoms with Gasteiger partial charge in [0.2, 0.25) is 0 Å². The van der Waals surface area contributed by atoms with E-state index in [-0.39, 0.29) is 0 Å². The fourth-order valence-corrected chi connectivity index (χ4v) is 7.40. The molecular formula is C55H58N4. The van der Waals surface area contributed by atoms with E-state index in [1.807, 2.05) is 115 Å². The molecule has 0 N–H and O–H groups in total. The van der Waals surface area contributed by atoms with E-state index in [0.717, 1.165) is 56.1 Å². The first-order valence-corrected chi connectivity index (χ1v) is 21.3. The van der Waals surface area contributed by atoms with E-state index >= 15 is 0 Å². The smallest absolute Gasteiger partial charge is 0.164 e. The topological polar surface area (TPSA) is 51.6 Å². The van der Waals surface area contributed by atoms with Gasteiger partial charge in [-0.25, -0.2) is 15.0 Å². The van der Waals surface area contributed by atoms with Gasteiger partial charge in [0.15, 0.2) is 17.5 Å². The van der Waals surface area contributed by atoms with Crippen LogP contribution in [0, 0.1) is 6.92 Å². The van der Waals surface area contributed by atoms with Crippen molar-refractivity contribution in [3.8, 4) is 56.4 Å². The molecule has 2 heterocycles. The van der Waals surface area contributed by atoms with Crippen LogP contribution in [-0.4, -0.2) is 19.9 Å². The lowest BCUT2D eigenvalue weighted by Crippen LogP contribution is -2.00. The zero-order valence-corrected chi connectivity index (χ0v) is 36.5. The van der Waals surface area contributed by atoms with Crippen molar-refractivity contribution in [2.24, 2.45) is 0 Å². The second-order valence-corrected chi connectivity index (χ2v) is 13.3. The Labute approximate surface area is 352 Å². The summed E-state index contributed by atoms with van der Waals surface area (Å²) >= 11 is 0. The first-order valence-electron chi connectivity index (χ1n) is 21.3. The zero-order chi connectivity index (χ0) is 42.3. The maximum atomic E-state index is 5.12. The van der Waals surface area contributed by atoms with Crippen molar-refractivity contribution in [1.29, 1.82) is 0 Å². The Morgan fingerprint density at radius 1 is 0.458 bits per heavy atom. The molecule has 0 atom stereocenters. The predicted molar refractivity (Wildman–Crippen MR) is 257 cm³/mol. The van der Waals surface area contributed by atoms with Gasteiger partial charge in [-0.05, 0) is 124 Å². The van der Waals surface area contributed by atoms with Crippen LogP contribution >= 0.6 is 0 Å². The van der Waals surface area contributed by atoms with Crippen molar-refractivity contribution in [2.75, 3.05) is 0 Å². The lowest BCUT2D eigenvalue weighted by Gasteiger charge is -2.18. The molecule has 0 amide bonds. The third-order valence-electron chi connectivity index (χ3n) is 10.00. The van der Waals surface area contributed by atoms with Gasteiger partial charge < -0.3 is 0 Å². The third-order valence-corrected chi connectivity index (χ3v) is 10.00. The van der Waals surface area contributed by atoms with Crippen LogP contribution in [-0.2, 0) is 6.42 Å². The number of aromatic nitrogens is 4. The maximum absolute atomic E-state index is 5.12. The maximum Gasteiger partial charge on any atom is 0.164 e. The number of hydrogen-bond donors (Lipinski definition) is 0. The lowest BCUT2D eigenvalue weighted by atomic mass is 9.86. The Balaban J connectivity index is 0.00000106. The first kappa shape index (κ1) is 43.6. The summed E-state index contributed by atoms with van der Waals surface area (Å²) in [5, 5.41) is 4.75. The Kier molecular flexibility index (Phi) is 15.7. The van der Waals surface area contributed by atoms with E-state index in [9.17, 15) is 0 Å². The fraction of sp³-hybridized carbons (Fsp3) is 0.200. The molecule has 6 aromatic carbocycles. The van der Waals surface area contributed by atoms with E-state index in [2.05, 4.69) is 118 Å². The highest BCUT2D eigenvalue weighted by molar-refractivity contribution is 6.01. The van der Waals surface area contributed by atoms with E-state index in [1.54, 1.807) is 0 Å². The summed E-state index contributed by atoms with van der Waals surface area (Å²) < 4.78 is 0. The first-order chi connectivity index (χ1) is 29.0. The molecule has 0 bridgehead atoms. The molecule has 0 saturated heterocycles.